The van der Waals surface area contributed by atoms with Crippen LogP contribution in [0.15, 0.2) is 17.5 Å². The van der Waals surface area contributed by atoms with Gasteiger partial charge in [-0.2, -0.15) is 0 Å². The number of hydrogen-bond acceptors (Lipinski definition) is 2. The molecule has 84 valence electrons. The molecule has 0 aromatic carbocycles. The van der Waals surface area contributed by atoms with E-state index in [1.54, 1.807) is 11.3 Å². The molecule has 1 atom stereocenters. The summed E-state index contributed by atoms with van der Waals surface area (Å²) < 4.78 is 0. The van der Waals surface area contributed by atoms with Crippen LogP contribution in [0.25, 0.3) is 0 Å². The van der Waals surface area contributed by atoms with Crippen LogP contribution in [0.1, 0.15) is 43.9 Å². The van der Waals surface area contributed by atoms with E-state index in [0.717, 1.165) is 12.8 Å². The van der Waals surface area contributed by atoms with Gasteiger partial charge in [0.05, 0.1) is 0 Å². The third-order valence-electron chi connectivity index (χ3n) is 2.62. The lowest BCUT2D eigenvalue weighted by Gasteiger charge is -2.18. The maximum atomic E-state index is 10.4. The van der Waals surface area contributed by atoms with Crippen molar-refractivity contribution in [2.75, 3.05) is 0 Å². The highest BCUT2D eigenvalue weighted by atomic mass is 32.1. The molecular formula is C12H18O2S. The zero-order valence-electron chi connectivity index (χ0n) is 9.27. The van der Waals surface area contributed by atoms with E-state index in [2.05, 4.69) is 31.4 Å². The van der Waals surface area contributed by atoms with Crippen molar-refractivity contribution in [1.29, 1.82) is 0 Å². The van der Waals surface area contributed by atoms with E-state index >= 15 is 0 Å². The molecule has 0 spiro atoms. The van der Waals surface area contributed by atoms with Crippen molar-refractivity contribution in [2.24, 2.45) is 5.92 Å². The summed E-state index contributed by atoms with van der Waals surface area (Å²) in [5.41, 5.74) is 0. The highest BCUT2D eigenvalue weighted by Crippen LogP contribution is 2.32. The number of carbonyl (C=O) groups is 1. The highest BCUT2D eigenvalue weighted by molar-refractivity contribution is 7.10. The molecule has 1 N–H and O–H groups in total. The van der Waals surface area contributed by atoms with Gasteiger partial charge in [-0.05, 0) is 36.1 Å². The summed E-state index contributed by atoms with van der Waals surface area (Å²) in [6.45, 7) is 4.40. The standard InChI is InChI=1S/C12H18O2S/c1-9(2)10(5-3-7-12(13)14)11-6-4-8-15-11/h4,6,8-10H,3,5,7H2,1-2H3,(H,13,14). The Balaban J connectivity index is 2.49. The van der Waals surface area contributed by atoms with Gasteiger partial charge in [0.1, 0.15) is 0 Å². The van der Waals surface area contributed by atoms with Gasteiger partial charge in [-0.25, -0.2) is 0 Å². The molecule has 2 nitrogen and oxygen atoms in total. The van der Waals surface area contributed by atoms with Gasteiger partial charge in [-0.15, -0.1) is 11.3 Å². The van der Waals surface area contributed by atoms with Crippen LogP contribution in [-0.4, -0.2) is 11.1 Å². The first kappa shape index (κ1) is 12.2. The molecule has 3 heteroatoms. The Morgan fingerprint density at radius 2 is 2.27 bits per heavy atom. The Morgan fingerprint density at radius 3 is 2.73 bits per heavy atom. The Kier molecular flexibility index (Phi) is 4.82. The fourth-order valence-corrected chi connectivity index (χ4v) is 2.82. The van der Waals surface area contributed by atoms with E-state index in [1.165, 1.54) is 4.88 Å². The fourth-order valence-electron chi connectivity index (χ4n) is 1.78. The summed E-state index contributed by atoms with van der Waals surface area (Å²) in [6.07, 6.45) is 2.04. The lowest BCUT2D eigenvalue weighted by atomic mass is 9.89. The average Bonchev–Trinajstić information content (AvgIpc) is 2.63. The van der Waals surface area contributed by atoms with Crippen molar-refractivity contribution in [1.82, 2.24) is 0 Å². The minimum Gasteiger partial charge on any atom is -0.481 e. The van der Waals surface area contributed by atoms with Crippen molar-refractivity contribution < 1.29 is 9.90 Å². The number of aliphatic carboxylic acids is 1. The number of hydrogen-bond donors (Lipinski definition) is 1. The largest absolute Gasteiger partial charge is 0.481 e. The van der Waals surface area contributed by atoms with E-state index < -0.39 is 5.97 Å². The van der Waals surface area contributed by atoms with Crippen LogP contribution in [0.4, 0.5) is 0 Å². The third kappa shape index (κ3) is 4.04. The van der Waals surface area contributed by atoms with Crippen LogP contribution in [0.2, 0.25) is 0 Å². The molecule has 1 aromatic rings. The summed E-state index contributed by atoms with van der Waals surface area (Å²) >= 11 is 1.77. The third-order valence-corrected chi connectivity index (χ3v) is 3.62. The Bertz CT molecular complexity index is 291. The van der Waals surface area contributed by atoms with Gasteiger partial charge in [0.15, 0.2) is 0 Å². The Labute approximate surface area is 94.9 Å². The first-order chi connectivity index (χ1) is 7.11. The molecule has 0 aliphatic heterocycles. The summed E-state index contributed by atoms with van der Waals surface area (Å²) in [4.78, 5) is 11.8. The monoisotopic (exact) mass is 226 g/mol. The molecule has 1 rings (SSSR count). The van der Waals surface area contributed by atoms with Crippen molar-refractivity contribution in [3.05, 3.63) is 22.4 Å². The van der Waals surface area contributed by atoms with Crippen LogP contribution in [0.3, 0.4) is 0 Å². The molecule has 1 unspecified atom stereocenters. The molecule has 0 radical (unpaired) electrons. The normalized spacial score (nSPS) is 13.0. The lowest BCUT2D eigenvalue weighted by molar-refractivity contribution is -0.137. The van der Waals surface area contributed by atoms with E-state index in [0.29, 0.717) is 11.8 Å². The van der Waals surface area contributed by atoms with Crippen LogP contribution in [0.5, 0.6) is 0 Å². The van der Waals surface area contributed by atoms with Crippen molar-refractivity contribution in [2.45, 2.75) is 39.0 Å². The fraction of sp³-hybridized carbons (Fsp3) is 0.583. The van der Waals surface area contributed by atoms with Gasteiger partial charge in [0.2, 0.25) is 0 Å². The van der Waals surface area contributed by atoms with Crippen LogP contribution >= 0.6 is 11.3 Å². The Morgan fingerprint density at radius 1 is 1.53 bits per heavy atom. The summed E-state index contributed by atoms with van der Waals surface area (Å²) in [5, 5.41) is 10.7. The maximum Gasteiger partial charge on any atom is 0.303 e. The lowest BCUT2D eigenvalue weighted by Crippen LogP contribution is -2.06. The van der Waals surface area contributed by atoms with Gasteiger partial charge in [-0.1, -0.05) is 19.9 Å². The topological polar surface area (TPSA) is 37.3 Å². The van der Waals surface area contributed by atoms with Crippen molar-refractivity contribution in [3.8, 4) is 0 Å². The first-order valence-corrected chi connectivity index (χ1v) is 6.24. The average molecular weight is 226 g/mol. The molecule has 0 aliphatic rings. The summed E-state index contributed by atoms with van der Waals surface area (Å²) in [7, 11) is 0. The molecule has 0 bridgehead atoms. The predicted molar refractivity (Wildman–Crippen MR) is 63.4 cm³/mol. The first-order valence-electron chi connectivity index (χ1n) is 5.36. The molecule has 1 aromatic heterocycles. The second-order valence-electron chi connectivity index (χ2n) is 4.15. The predicted octanol–water partition coefficient (Wildman–Crippen LogP) is 3.74. The molecule has 1 heterocycles. The van der Waals surface area contributed by atoms with Crippen molar-refractivity contribution in [3.63, 3.8) is 0 Å². The smallest absolute Gasteiger partial charge is 0.303 e. The molecule has 0 saturated heterocycles. The maximum absolute atomic E-state index is 10.4. The van der Waals surface area contributed by atoms with Crippen LogP contribution < -0.4 is 0 Å². The minimum atomic E-state index is -0.691. The molecule has 0 fully saturated rings. The Hall–Kier alpha value is -0.830. The summed E-state index contributed by atoms with van der Waals surface area (Å²) in [6, 6.07) is 4.21. The molecular weight excluding hydrogens is 208 g/mol. The molecule has 0 amide bonds. The van der Waals surface area contributed by atoms with E-state index in [-0.39, 0.29) is 6.42 Å². The SMILES string of the molecule is CC(C)C(CCCC(=O)O)c1cccs1. The molecule has 0 aliphatic carbocycles. The van der Waals surface area contributed by atoms with Gasteiger partial charge in [0.25, 0.3) is 0 Å². The van der Waals surface area contributed by atoms with Gasteiger partial charge in [0, 0.05) is 11.3 Å². The highest BCUT2D eigenvalue weighted by Gasteiger charge is 2.16. The van der Waals surface area contributed by atoms with E-state index in [4.69, 9.17) is 5.11 Å². The van der Waals surface area contributed by atoms with E-state index in [1.807, 2.05) is 0 Å². The summed E-state index contributed by atoms with van der Waals surface area (Å²) in [5.74, 6) is 0.408. The second kappa shape index (κ2) is 5.91. The van der Waals surface area contributed by atoms with E-state index in [9.17, 15) is 4.79 Å². The zero-order chi connectivity index (χ0) is 11.3. The van der Waals surface area contributed by atoms with Crippen LogP contribution in [-0.2, 0) is 4.79 Å². The number of thiophene rings is 1. The van der Waals surface area contributed by atoms with Gasteiger partial charge < -0.3 is 5.11 Å². The quantitative estimate of drug-likeness (QED) is 0.802. The second-order valence-corrected chi connectivity index (χ2v) is 5.13. The molecule has 15 heavy (non-hydrogen) atoms. The van der Waals surface area contributed by atoms with Crippen LogP contribution in [0, 0.1) is 5.92 Å². The number of carboxylic acids is 1. The van der Waals surface area contributed by atoms with Gasteiger partial charge in [-0.3, -0.25) is 4.79 Å². The number of rotatable bonds is 6. The van der Waals surface area contributed by atoms with Gasteiger partial charge >= 0.3 is 5.97 Å². The number of carboxylic acid groups (broad SMARTS) is 1. The van der Waals surface area contributed by atoms with Crippen molar-refractivity contribution >= 4 is 17.3 Å². The minimum absolute atomic E-state index is 0.286. The molecule has 0 saturated carbocycles. The zero-order valence-corrected chi connectivity index (χ0v) is 10.1.